The molecule has 2 aromatic heterocycles. The highest BCUT2D eigenvalue weighted by molar-refractivity contribution is 6.10. The highest BCUT2D eigenvalue weighted by atomic mass is 19.4. The molecule has 2 N–H and O–H groups in total. The molecule has 0 unspecified atom stereocenters. The maximum atomic E-state index is 14.4. The first-order valence-electron chi connectivity index (χ1n) is 15.8. The summed E-state index contributed by atoms with van der Waals surface area (Å²) in [5, 5.41) is 23.2. The van der Waals surface area contributed by atoms with E-state index in [1.807, 2.05) is 6.07 Å². The molecule has 0 spiro atoms. The lowest BCUT2D eigenvalue weighted by atomic mass is 9.96. The lowest BCUT2D eigenvalue weighted by Crippen LogP contribution is -2.26. The Morgan fingerprint density at radius 1 is 0.980 bits per heavy atom. The van der Waals surface area contributed by atoms with Crippen molar-refractivity contribution in [2.24, 2.45) is 7.05 Å². The number of nitriles is 1. The molecule has 2 aliphatic rings. The van der Waals surface area contributed by atoms with Crippen LogP contribution in [0.15, 0.2) is 48.8 Å². The van der Waals surface area contributed by atoms with Crippen molar-refractivity contribution in [3.63, 3.8) is 0 Å². The molecule has 1 saturated carbocycles. The number of hydrogen-bond acceptors (Lipinski definition) is 7. The van der Waals surface area contributed by atoms with Gasteiger partial charge in [0.2, 0.25) is 0 Å². The third-order valence-corrected chi connectivity index (χ3v) is 8.83. The Bertz CT molecular complexity index is 1910. The fraction of sp³-hybridized carbons (Fsp3) is 0.382. The van der Waals surface area contributed by atoms with Crippen LogP contribution in [0, 0.1) is 11.3 Å². The van der Waals surface area contributed by atoms with E-state index in [9.17, 15) is 31.1 Å². The van der Waals surface area contributed by atoms with E-state index in [-0.39, 0.29) is 65.3 Å². The second-order valence-electron chi connectivity index (χ2n) is 12.2. The molecule has 4 aromatic rings. The summed E-state index contributed by atoms with van der Waals surface area (Å²) >= 11 is 0. The third kappa shape index (κ3) is 7.24. The number of carbonyl (C=O) groups excluding carboxylic acids is 1. The molecule has 9 nitrogen and oxygen atoms in total. The summed E-state index contributed by atoms with van der Waals surface area (Å²) < 4.78 is 86.7. The molecule has 1 aliphatic heterocycles. The van der Waals surface area contributed by atoms with Crippen molar-refractivity contribution in [2.75, 3.05) is 16.8 Å². The van der Waals surface area contributed by atoms with E-state index in [0.29, 0.717) is 17.5 Å². The molecule has 49 heavy (non-hydrogen) atoms. The number of aromatic nitrogens is 4. The Balaban J connectivity index is 1.44. The molecule has 1 fully saturated rings. The number of carbonyl (C=O) groups is 1. The van der Waals surface area contributed by atoms with E-state index in [1.165, 1.54) is 35.2 Å². The first-order chi connectivity index (χ1) is 23.3. The van der Waals surface area contributed by atoms with Gasteiger partial charge in [-0.3, -0.25) is 9.69 Å². The molecule has 0 bridgehead atoms. The summed E-state index contributed by atoms with van der Waals surface area (Å²) in [6.45, 7) is -0.00643. The van der Waals surface area contributed by atoms with E-state index < -0.39 is 35.9 Å². The zero-order chi connectivity index (χ0) is 34.9. The average molecular weight is 683 g/mol. The van der Waals surface area contributed by atoms with Crippen molar-refractivity contribution >= 4 is 17.5 Å². The lowest BCUT2D eigenvalue weighted by molar-refractivity contribution is -0.138. The number of unbranched alkanes of at least 4 members (excludes halogenated alkanes) is 1. The van der Waals surface area contributed by atoms with Crippen molar-refractivity contribution < 1.29 is 31.1 Å². The van der Waals surface area contributed by atoms with Crippen LogP contribution in [0.3, 0.4) is 0 Å². The first-order valence-corrected chi connectivity index (χ1v) is 15.8. The van der Waals surface area contributed by atoms with Crippen LogP contribution in [0.4, 0.5) is 38.0 Å². The van der Waals surface area contributed by atoms with Crippen LogP contribution in [0.5, 0.6) is 0 Å². The van der Waals surface area contributed by atoms with Crippen LogP contribution in [0.2, 0.25) is 0 Å². The Morgan fingerprint density at radius 3 is 2.43 bits per heavy atom. The Hall–Kier alpha value is -4.97. The van der Waals surface area contributed by atoms with Crippen LogP contribution >= 0.6 is 0 Å². The zero-order valence-corrected chi connectivity index (χ0v) is 26.4. The molecule has 15 heteroatoms. The minimum absolute atomic E-state index is 0.0541. The van der Waals surface area contributed by atoms with Crippen molar-refractivity contribution in [3.05, 3.63) is 76.6 Å². The molecule has 256 valence electrons. The van der Waals surface area contributed by atoms with Gasteiger partial charge in [0.1, 0.15) is 18.0 Å². The van der Waals surface area contributed by atoms with Gasteiger partial charge in [-0.15, -0.1) is 10.2 Å². The fourth-order valence-electron chi connectivity index (χ4n) is 6.37. The van der Waals surface area contributed by atoms with E-state index in [4.69, 9.17) is 5.26 Å². The number of aryl methyl sites for hydroxylation is 1. The second kappa shape index (κ2) is 13.5. The Labute approximate surface area is 278 Å². The van der Waals surface area contributed by atoms with E-state index >= 15 is 0 Å². The predicted octanol–water partition coefficient (Wildman–Crippen LogP) is 7.49. The highest BCUT2D eigenvalue weighted by Crippen LogP contribution is 2.42. The second-order valence-corrected chi connectivity index (χ2v) is 12.2. The lowest BCUT2D eigenvalue weighted by Gasteiger charge is -2.20. The quantitative estimate of drug-likeness (QED) is 0.132. The van der Waals surface area contributed by atoms with E-state index in [1.54, 1.807) is 7.05 Å². The van der Waals surface area contributed by atoms with Gasteiger partial charge in [0.05, 0.1) is 23.7 Å². The molecule has 1 aliphatic carbocycles. The molecular formula is C34H32F6N8O. The van der Waals surface area contributed by atoms with Gasteiger partial charge in [-0.05, 0) is 84.0 Å². The number of halogens is 6. The van der Waals surface area contributed by atoms with Gasteiger partial charge in [-0.25, -0.2) is 4.98 Å². The molecule has 0 saturated heterocycles. The Kier molecular flexibility index (Phi) is 9.35. The number of amides is 1. The zero-order valence-electron chi connectivity index (χ0n) is 26.4. The van der Waals surface area contributed by atoms with Crippen LogP contribution < -0.4 is 15.5 Å². The van der Waals surface area contributed by atoms with E-state index in [2.05, 4.69) is 25.8 Å². The number of nitrogens with one attached hydrogen (secondary N) is 2. The molecule has 3 heterocycles. The normalized spacial score (nSPS) is 15.1. The van der Waals surface area contributed by atoms with Gasteiger partial charge < -0.3 is 15.2 Å². The van der Waals surface area contributed by atoms with Crippen LogP contribution in [-0.2, 0) is 32.5 Å². The molecule has 2 aromatic carbocycles. The summed E-state index contributed by atoms with van der Waals surface area (Å²) in [7, 11) is 1.63. The smallest absolute Gasteiger partial charge is 0.370 e. The number of anilines is 2. The third-order valence-electron chi connectivity index (χ3n) is 8.83. The van der Waals surface area contributed by atoms with Crippen molar-refractivity contribution in [2.45, 2.75) is 70.0 Å². The highest BCUT2D eigenvalue weighted by Gasteiger charge is 2.41. The number of benzene rings is 2. The number of pyridine rings is 1. The predicted molar refractivity (Wildman–Crippen MR) is 169 cm³/mol. The maximum absolute atomic E-state index is 14.4. The monoisotopic (exact) mass is 682 g/mol. The van der Waals surface area contributed by atoms with Crippen LogP contribution in [0.25, 0.3) is 22.5 Å². The van der Waals surface area contributed by atoms with Gasteiger partial charge in [0.25, 0.3) is 5.91 Å². The topological polar surface area (TPSA) is 112 Å². The number of fused-ring (bicyclic) bond motifs is 1. The SMILES string of the molecule is Cn1cnnc1-c1ccc(C(F)(F)F)cc1-c1cc(NCCCC#N)nc(N2Cc3c(cc(CNC4CCCC4)cc3C(F)(F)F)C2=O)c1. The summed E-state index contributed by atoms with van der Waals surface area (Å²) in [5.41, 5.74) is -1.23. The average Bonchev–Trinajstić information content (AvgIpc) is 3.81. The number of alkyl halides is 6. The summed E-state index contributed by atoms with van der Waals surface area (Å²) in [6.07, 6.45) is -3.43. The molecule has 1 amide bonds. The van der Waals surface area contributed by atoms with Crippen molar-refractivity contribution in [1.82, 2.24) is 25.1 Å². The summed E-state index contributed by atoms with van der Waals surface area (Å²) in [6, 6.07) is 10.8. The summed E-state index contributed by atoms with van der Waals surface area (Å²) in [5.74, 6) is -0.334. The number of rotatable bonds is 10. The largest absolute Gasteiger partial charge is 0.416 e. The van der Waals surface area contributed by atoms with Gasteiger partial charge in [0.15, 0.2) is 5.82 Å². The van der Waals surface area contributed by atoms with Gasteiger partial charge in [-0.1, -0.05) is 12.8 Å². The minimum atomic E-state index is -4.74. The van der Waals surface area contributed by atoms with Crippen LogP contribution in [0.1, 0.15) is 71.1 Å². The van der Waals surface area contributed by atoms with Crippen LogP contribution in [-0.4, -0.2) is 38.2 Å². The Morgan fingerprint density at radius 2 is 1.76 bits per heavy atom. The van der Waals surface area contributed by atoms with Gasteiger partial charge >= 0.3 is 12.4 Å². The molecule has 0 atom stereocenters. The number of hydrogen-bond donors (Lipinski definition) is 2. The summed E-state index contributed by atoms with van der Waals surface area (Å²) in [4.78, 5) is 19.5. The van der Waals surface area contributed by atoms with Crippen molar-refractivity contribution in [1.29, 1.82) is 5.26 Å². The minimum Gasteiger partial charge on any atom is -0.370 e. The molecule has 6 rings (SSSR count). The maximum Gasteiger partial charge on any atom is 0.416 e. The number of nitrogens with zero attached hydrogens (tertiary/aromatic N) is 6. The standard InChI is InChI=1S/C34H32F6N8O/c1-47-19-44-46-31(47)24-9-8-22(33(35,36)37)16-25(24)21-14-29(42-11-5-4-10-41)45-30(15-21)48-18-27-26(32(48)49)12-20(13-28(27)34(38,39)40)17-43-23-6-2-3-7-23/h8-9,12-16,19,23,43H,2-7,11,17-18H2,1H3,(H,42,45). The first kappa shape index (κ1) is 33.9. The van der Waals surface area contributed by atoms with Gasteiger partial charge in [0, 0.05) is 43.7 Å². The van der Waals surface area contributed by atoms with Gasteiger partial charge in [-0.2, -0.15) is 31.6 Å². The fourth-order valence-corrected chi connectivity index (χ4v) is 6.37. The van der Waals surface area contributed by atoms with Crippen molar-refractivity contribution in [3.8, 4) is 28.6 Å². The molecular weight excluding hydrogens is 650 g/mol. The molecule has 0 radical (unpaired) electrons. The van der Waals surface area contributed by atoms with E-state index in [0.717, 1.165) is 48.8 Å².